The van der Waals surface area contributed by atoms with Crippen molar-refractivity contribution in [2.24, 2.45) is 46.3 Å². The van der Waals surface area contributed by atoms with Gasteiger partial charge in [-0.2, -0.15) is 0 Å². The van der Waals surface area contributed by atoms with Gasteiger partial charge < -0.3 is 4.52 Å². The molecular weight excluding hydrogens is 351 g/mol. The van der Waals surface area contributed by atoms with E-state index in [0.717, 1.165) is 18.3 Å². The summed E-state index contributed by atoms with van der Waals surface area (Å²) in [4.78, 5) is 13.7. The maximum Gasteiger partial charge on any atom is 0.139 e. The highest BCUT2D eigenvalue weighted by atomic mass is 31.0. The molecule has 0 N–H and O–H groups in total. The van der Waals surface area contributed by atoms with Crippen LogP contribution in [0, 0.1) is 46.3 Å². The summed E-state index contributed by atoms with van der Waals surface area (Å²) in [6, 6.07) is 0. The van der Waals surface area contributed by atoms with Gasteiger partial charge >= 0.3 is 0 Å². The summed E-state index contributed by atoms with van der Waals surface area (Å²) < 4.78 is 5.64. The molecule has 2 nitrogen and oxygen atoms in total. The Morgan fingerprint density at radius 1 is 1.15 bits per heavy atom. The van der Waals surface area contributed by atoms with E-state index in [4.69, 9.17) is 4.52 Å². The van der Waals surface area contributed by atoms with Gasteiger partial charge in [0, 0.05) is 21.3 Å². The third-order valence-electron chi connectivity index (χ3n) is 10.2. The van der Waals surface area contributed by atoms with E-state index in [1.807, 2.05) is 0 Å². The highest BCUT2D eigenvalue weighted by Gasteiger charge is 2.63. The zero-order valence-electron chi connectivity index (χ0n) is 18.0. The van der Waals surface area contributed by atoms with Gasteiger partial charge in [0.15, 0.2) is 0 Å². The van der Waals surface area contributed by atoms with Gasteiger partial charge in [-0.1, -0.05) is 40.5 Å². The summed E-state index contributed by atoms with van der Waals surface area (Å²) >= 11 is 0. The standard InChI is InChI=1S/C24H41O2P/c1-5-6-15(2)19-9-10-20-18-8-7-16-13-17(26-27)11-12-23(16,3)21(18)14-22(25)24(19,20)4/h15-21H,5-14,27H2,1-4H3/t15-,16-,17-,18+,19?,20+,21+,23+,24-/m1/s1. The van der Waals surface area contributed by atoms with Crippen LogP contribution in [0.4, 0.5) is 0 Å². The first-order valence-corrected chi connectivity index (χ1v) is 12.2. The minimum atomic E-state index is -0.0285. The largest absolute Gasteiger partial charge is 0.362 e. The Bertz CT molecular complexity index is 577. The van der Waals surface area contributed by atoms with Crippen LogP contribution >= 0.6 is 9.47 Å². The molecule has 0 bridgehead atoms. The quantitative estimate of drug-likeness (QED) is 0.515. The minimum Gasteiger partial charge on any atom is -0.362 e. The molecule has 0 aromatic rings. The van der Waals surface area contributed by atoms with Gasteiger partial charge in [0.2, 0.25) is 0 Å². The lowest BCUT2D eigenvalue weighted by molar-refractivity contribution is -0.159. The number of Topliss-reactive ketones (excluding diaryl/α,β-unsaturated/α-hetero) is 1. The lowest BCUT2D eigenvalue weighted by atomic mass is 9.44. The maximum absolute atomic E-state index is 13.7. The van der Waals surface area contributed by atoms with E-state index >= 15 is 0 Å². The second kappa shape index (κ2) is 7.39. The van der Waals surface area contributed by atoms with Crippen molar-refractivity contribution < 1.29 is 9.32 Å². The summed E-state index contributed by atoms with van der Waals surface area (Å²) in [5.41, 5.74) is 0.339. The van der Waals surface area contributed by atoms with Crippen molar-refractivity contribution in [2.45, 2.75) is 98.0 Å². The lowest BCUT2D eigenvalue weighted by Gasteiger charge is -2.60. The van der Waals surface area contributed by atoms with E-state index in [-0.39, 0.29) is 5.41 Å². The fourth-order valence-corrected chi connectivity index (χ4v) is 8.89. The molecule has 4 aliphatic carbocycles. The monoisotopic (exact) mass is 392 g/mol. The Morgan fingerprint density at radius 3 is 2.63 bits per heavy atom. The first-order chi connectivity index (χ1) is 12.9. The third-order valence-corrected chi connectivity index (χ3v) is 10.6. The van der Waals surface area contributed by atoms with Crippen LogP contribution < -0.4 is 0 Å². The predicted octanol–water partition coefficient (Wildman–Crippen LogP) is 6.44. The van der Waals surface area contributed by atoms with Crippen molar-refractivity contribution in [1.29, 1.82) is 0 Å². The van der Waals surface area contributed by atoms with Crippen molar-refractivity contribution in [2.75, 3.05) is 0 Å². The minimum absolute atomic E-state index is 0.0285. The van der Waals surface area contributed by atoms with Crippen LogP contribution in [0.15, 0.2) is 0 Å². The Labute approximate surface area is 169 Å². The molecule has 0 amide bonds. The second-order valence-corrected chi connectivity index (χ2v) is 11.3. The van der Waals surface area contributed by atoms with E-state index in [9.17, 15) is 4.79 Å². The molecule has 0 radical (unpaired) electrons. The number of ketones is 1. The normalized spacial score (nSPS) is 50.6. The second-order valence-electron chi connectivity index (χ2n) is 11.0. The molecule has 0 aromatic carbocycles. The first kappa shape index (κ1) is 20.3. The van der Waals surface area contributed by atoms with Crippen molar-refractivity contribution >= 4 is 15.2 Å². The third kappa shape index (κ3) is 2.99. The molecule has 154 valence electrons. The molecule has 3 heteroatoms. The molecule has 2 unspecified atom stereocenters. The van der Waals surface area contributed by atoms with Crippen molar-refractivity contribution in [3.8, 4) is 0 Å². The molecule has 4 saturated carbocycles. The van der Waals surface area contributed by atoms with Crippen LogP contribution in [0.3, 0.4) is 0 Å². The smallest absolute Gasteiger partial charge is 0.139 e. The Kier molecular flexibility index (Phi) is 5.57. The number of carbonyl (C=O) groups excluding carboxylic acids is 1. The van der Waals surface area contributed by atoms with E-state index < -0.39 is 0 Å². The average molecular weight is 393 g/mol. The maximum atomic E-state index is 13.7. The summed E-state index contributed by atoms with van der Waals surface area (Å²) in [5.74, 6) is 4.79. The number of fused-ring (bicyclic) bond motifs is 5. The number of rotatable bonds is 4. The highest BCUT2D eigenvalue weighted by molar-refractivity contribution is 7.09. The van der Waals surface area contributed by atoms with E-state index in [1.54, 1.807) is 0 Å². The zero-order valence-corrected chi connectivity index (χ0v) is 19.2. The Balaban J connectivity index is 1.60. The van der Waals surface area contributed by atoms with Crippen LogP contribution in [-0.4, -0.2) is 11.9 Å². The topological polar surface area (TPSA) is 26.3 Å². The molecule has 4 rings (SSSR count). The Hall–Kier alpha value is 0.0600. The highest BCUT2D eigenvalue weighted by Crippen LogP contribution is 2.67. The lowest BCUT2D eigenvalue weighted by Crippen LogP contribution is -2.57. The van der Waals surface area contributed by atoms with Crippen LogP contribution in [0.5, 0.6) is 0 Å². The fourth-order valence-electron chi connectivity index (χ4n) is 8.65. The molecule has 0 aromatic heterocycles. The summed E-state index contributed by atoms with van der Waals surface area (Å²) in [6.45, 7) is 9.63. The summed E-state index contributed by atoms with van der Waals surface area (Å²) in [7, 11) is 2.49. The molecule has 0 heterocycles. The molecule has 0 aliphatic heterocycles. The van der Waals surface area contributed by atoms with Gasteiger partial charge in [-0.05, 0) is 85.9 Å². The van der Waals surface area contributed by atoms with Crippen LogP contribution in [0.25, 0.3) is 0 Å². The van der Waals surface area contributed by atoms with Gasteiger partial charge in [0.25, 0.3) is 0 Å². The van der Waals surface area contributed by atoms with E-state index in [2.05, 4.69) is 37.2 Å². The Morgan fingerprint density at radius 2 is 1.93 bits per heavy atom. The van der Waals surface area contributed by atoms with Crippen molar-refractivity contribution in [3.63, 3.8) is 0 Å². The van der Waals surface area contributed by atoms with Crippen molar-refractivity contribution in [1.82, 2.24) is 0 Å². The summed E-state index contributed by atoms with van der Waals surface area (Å²) in [6.07, 6.45) is 12.8. The number of carbonyl (C=O) groups is 1. The van der Waals surface area contributed by atoms with Gasteiger partial charge in [0.05, 0.1) is 6.10 Å². The van der Waals surface area contributed by atoms with Gasteiger partial charge in [-0.25, -0.2) is 0 Å². The SMILES string of the molecule is CCC[C@@H](C)C1CC[C@H]2[C@@H]3CC[C@@H]4C[C@H](OP)CC[C@]4(C)[C@H]3CC(=O)[C@]12C. The molecule has 10 atom stereocenters. The van der Waals surface area contributed by atoms with Gasteiger partial charge in [-0.3, -0.25) is 4.79 Å². The fraction of sp³-hybridized carbons (Fsp3) is 0.958. The zero-order chi connectivity index (χ0) is 19.4. The summed E-state index contributed by atoms with van der Waals surface area (Å²) in [5, 5.41) is 0. The van der Waals surface area contributed by atoms with Gasteiger partial charge in [0.1, 0.15) is 5.78 Å². The van der Waals surface area contributed by atoms with Crippen LogP contribution in [0.1, 0.15) is 91.9 Å². The molecule has 4 aliphatic rings. The number of hydrogen-bond acceptors (Lipinski definition) is 2. The molecular formula is C24H41O2P. The molecule has 0 saturated heterocycles. The molecule has 27 heavy (non-hydrogen) atoms. The molecule has 4 fully saturated rings. The van der Waals surface area contributed by atoms with Crippen LogP contribution in [0.2, 0.25) is 0 Å². The van der Waals surface area contributed by atoms with Crippen LogP contribution in [-0.2, 0) is 9.32 Å². The molecule has 0 spiro atoms. The van der Waals surface area contributed by atoms with Crippen molar-refractivity contribution in [3.05, 3.63) is 0 Å². The number of hydrogen-bond donors (Lipinski definition) is 0. The van der Waals surface area contributed by atoms with E-state index in [1.165, 1.54) is 57.8 Å². The first-order valence-electron chi connectivity index (χ1n) is 11.7. The van der Waals surface area contributed by atoms with E-state index in [0.29, 0.717) is 41.0 Å². The van der Waals surface area contributed by atoms with Gasteiger partial charge in [-0.15, -0.1) is 0 Å². The predicted molar refractivity (Wildman–Crippen MR) is 114 cm³/mol. The average Bonchev–Trinajstić information content (AvgIpc) is 3.01.